The first-order chi connectivity index (χ1) is 16.4. The van der Waals surface area contributed by atoms with Gasteiger partial charge in [0.1, 0.15) is 11.5 Å². The molecule has 3 aromatic rings. The summed E-state index contributed by atoms with van der Waals surface area (Å²) in [5, 5.41) is 2.47. The second kappa shape index (κ2) is 12.7. The molecule has 3 rings (SSSR count). The van der Waals surface area contributed by atoms with Crippen LogP contribution in [-0.2, 0) is 11.2 Å². The van der Waals surface area contributed by atoms with Gasteiger partial charge in [0, 0.05) is 16.5 Å². The number of halogens is 1. The first kappa shape index (κ1) is 25.2. The molecule has 0 aromatic heterocycles. The summed E-state index contributed by atoms with van der Waals surface area (Å²) in [7, 11) is 0. The molecule has 176 valence electrons. The molecule has 7 nitrogen and oxygen atoms in total. The first-order valence-corrected chi connectivity index (χ1v) is 11.7. The molecule has 0 fully saturated rings. The predicted octanol–water partition coefficient (Wildman–Crippen LogP) is 4.09. The van der Waals surface area contributed by atoms with Crippen molar-refractivity contribution in [3.05, 3.63) is 94.0 Å². The van der Waals surface area contributed by atoms with E-state index in [4.69, 9.17) is 21.7 Å². The van der Waals surface area contributed by atoms with Crippen molar-refractivity contribution >= 4 is 45.1 Å². The molecular formula is C25H24BrN3O4S. The highest BCUT2D eigenvalue weighted by molar-refractivity contribution is 9.10. The van der Waals surface area contributed by atoms with Crippen LogP contribution in [0.25, 0.3) is 0 Å². The molecule has 0 spiro atoms. The molecule has 0 aliphatic heterocycles. The Kier molecular flexibility index (Phi) is 9.42. The van der Waals surface area contributed by atoms with Gasteiger partial charge in [0.2, 0.25) is 0 Å². The minimum absolute atomic E-state index is 0.0476. The van der Waals surface area contributed by atoms with Crippen molar-refractivity contribution in [1.82, 2.24) is 16.2 Å². The van der Waals surface area contributed by atoms with E-state index in [1.54, 1.807) is 30.3 Å². The Morgan fingerprint density at radius 3 is 2.50 bits per heavy atom. The molecule has 3 N–H and O–H groups in total. The summed E-state index contributed by atoms with van der Waals surface area (Å²) in [6.45, 7) is 2.15. The van der Waals surface area contributed by atoms with E-state index >= 15 is 0 Å². The van der Waals surface area contributed by atoms with Crippen LogP contribution in [0.2, 0.25) is 0 Å². The zero-order chi connectivity index (χ0) is 24.3. The van der Waals surface area contributed by atoms with Gasteiger partial charge in [-0.3, -0.25) is 25.8 Å². The lowest BCUT2D eigenvalue weighted by Gasteiger charge is -2.13. The van der Waals surface area contributed by atoms with E-state index in [0.717, 1.165) is 16.5 Å². The number of hydrogen-bond acceptors (Lipinski definition) is 5. The number of ether oxygens (including phenoxy) is 2. The SMILES string of the molecule is Cc1cc(Br)ccc1OCC(=O)NNC(=S)NC(=O)c1cccc(OCCc2ccccc2)c1. The average molecular weight is 542 g/mol. The minimum atomic E-state index is -0.451. The summed E-state index contributed by atoms with van der Waals surface area (Å²) in [5.74, 6) is 0.297. The van der Waals surface area contributed by atoms with Gasteiger partial charge in [0.25, 0.3) is 11.8 Å². The van der Waals surface area contributed by atoms with E-state index in [2.05, 4.69) is 32.1 Å². The number of hydrazine groups is 1. The second-order valence-electron chi connectivity index (χ2n) is 7.27. The highest BCUT2D eigenvalue weighted by Crippen LogP contribution is 2.22. The molecule has 0 unspecified atom stereocenters. The van der Waals surface area contributed by atoms with E-state index in [9.17, 15) is 9.59 Å². The minimum Gasteiger partial charge on any atom is -0.493 e. The summed E-state index contributed by atoms with van der Waals surface area (Å²) in [6, 6.07) is 22.3. The molecule has 0 saturated heterocycles. The number of thiocarbonyl (C=S) groups is 1. The number of benzene rings is 3. The second-order valence-corrected chi connectivity index (χ2v) is 8.59. The van der Waals surface area contributed by atoms with Gasteiger partial charge in [0.15, 0.2) is 11.7 Å². The van der Waals surface area contributed by atoms with Crippen LogP contribution in [0.4, 0.5) is 0 Å². The summed E-state index contributed by atoms with van der Waals surface area (Å²) < 4.78 is 12.2. The van der Waals surface area contributed by atoms with Crippen molar-refractivity contribution in [3.8, 4) is 11.5 Å². The fourth-order valence-corrected chi connectivity index (χ4v) is 3.56. The molecule has 0 bridgehead atoms. The number of carbonyl (C=O) groups excluding carboxylic acids is 2. The van der Waals surface area contributed by atoms with E-state index < -0.39 is 11.8 Å². The molecule has 0 aliphatic carbocycles. The Labute approximate surface area is 211 Å². The van der Waals surface area contributed by atoms with Gasteiger partial charge in [-0.2, -0.15) is 0 Å². The van der Waals surface area contributed by atoms with Crippen LogP contribution < -0.4 is 25.6 Å². The number of rotatable bonds is 8. The summed E-state index contributed by atoms with van der Waals surface area (Å²) >= 11 is 8.46. The van der Waals surface area contributed by atoms with Crippen molar-refractivity contribution in [2.45, 2.75) is 13.3 Å². The van der Waals surface area contributed by atoms with Crippen LogP contribution in [0.5, 0.6) is 11.5 Å². The Balaban J connectivity index is 1.40. The van der Waals surface area contributed by atoms with Crippen LogP contribution in [-0.4, -0.2) is 30.1 Å². The third-order valence-electron chi connectivity index (χ3n) is 4.64. The molecule has 34 heavy (non-hydrogen) atoms. The number of nitrogens with one attached hydrogen (secondary N) is 3. The predicted molar refractivity (Wildman–Crippen MR) is 138 cm³/mol. The lowest BCUT2D eigenvalue weighted by atomic mass is 10.2. The zero-order valence-electron chi connectivity index (χ0n) is 18.5. The number of amides is 2. The summed E-state index contributed by atoms with van der Waals surface area (Å²) in [4.78, 5) is 24.5. The van der Waals surface area contributed by atoms with Gasteiger partial charge in [-0.05, 0) is 66.7 Å². The maximum atomic E-state index is 12.5. The van der Waals surface area contributed by atoms with Crippen LogP contribution in [0.15, 0.2) is 77.3 Å². The van der Waals surface area contributed by atoms with Crippen LogP contribution in [0, 0.1) is 6.92 Å². The number of aryl methyl sites for hydroxylation is 1. The molecule has 0 aliphatic rings. The molecule has 2 amide bonds. The topological polar surface area (TPSA) is 88.7 Å². The van der Waals surface area contributed by atoms with Gasteiger partial charge >= 0.3 is 0 Å². The molecule has 0 saturated carbocycles. The van der Waals surface area contributed by atoms with Gasteiger partial charge in [-0.15, -0.1) is 0 Å². The van der Waals surface area contributed by atoms with Crippen LogP contribution in [0.1, 0.15) is 21.5 Å². The lowest BCUT2D eigenvalue weighted by Crippen LogP contribution is -2.49. The third-order valence-corrected chi connectivity index (χ3v) is 5.33. The Morgan fingerprint density at radius 1 is 0.941 bits per heavy atom. The van der Waals surface area contributed by atoms with Gasteiger partial charge in [0.05, 0.1) is 6.61 Å². The normalized spacial score (nSPS) is 10.2. The highest BCUT2D eigenvalue weighted by Gasteiger charge is 2.10. The first-order valence-electron chi connectivity index (χ1n) is 10.5. The van der Waals surface area contributed by atoms with E-state index in [1.807, 2.05) is 49.4 Å². The van der Waals surface area contributed by atoms with E-state index in [-0.39, 0.29) is 11.7 Å². The lowest BCUT2D eigenvalue weighted by molar-refractivity contribution is -0.123. The molecule has 0 atom stereocenters. The molecular weight excluding hydrogens is 518 g/mol. The standard InChI is InChI=1S/C25H24BrN3O4S/c1-17-14-20(26)10-11-22(17)33-16-23(30)28-29-25(34)27-24(31)19-8-5-9-21(15-19)32-13-12-18-6-3-2-4-7-18/h2-11,14-15H,12-13,16H2,1H3,(H,28,30)(H2,27,29,31,34). The van der Waals surface area contributed by atoms with E-state index in [0.29, 0.717) is 23.7 Å². The van der Waals surface area contributed by atoms with Gasteiger partial charge < -0.3 is 9.47 Å². The van der Waals surface area contributed by atoms with E-state index in [1.165, 1.54) is 5.56 Å². The monoisotopic (exact) mass is 541 g/mol. The van der Waals surface area contributed by atoms with Gasteiger partial charge in [-0.25, -0.2) is 0 Å². The Morgan fingerprint density at radius 2 is 1.74 bits per heavy atom. The van der Waals surface area contributed by atoms with Crippen molar-refractivity contribution in [2.75, 3.05) is 13.2 Å². The number of hydrogen-bond donors (Lipinski definition) is 3. The Hall–Kier alpha value is -3.43. The van der Waals surface area contributed by atoms with Crippen molar-refractivity contribution in [3.63, 3.8) is 0 Å². The summed E-state index contributed by atoms with van der Waals surface area (Å²) in [5.41, 5.74) is 7.33. The van der Waals surface area contributed by atoms with Gasteiger partial charge in [-0.1, -0.05) is 52.3 Å². The highest BCUT2D eigenvalue weighted by atomic mass is 79.9. The molecule has 9 heteroatoms. The third kappa shape index (κ3) is 8.17. The maximum Gasteiger partial charge on any atom is 0.276 e. The molecule has 0 heterocycles. The van der Waals surface area contributed by atoms with Crippen LogP contribution in [0.3, 0.4) is 0 Å². The maximum absolute atomic E-state index is 12.5. The average Bonchev–Trinajstić information content (AvgIpc) is 2.83. The molecule has 0 radical (unpaired) electrons. The number of carbonyl (C=O) groups is 2. The summed E-state index contributed by atoms with van der Waals surface area (Å²) in [6.07, 6.45) is 0.760. The fraction of sp³-hybridized carbons (Fsp3) is 0.160. The quantitative estimate of drug-likeness (QED) is 0.294. The Bertz CT molecular complexity index is 1160. The smallest absolute Gasteiger partial charge is 0.276 e. The largest absolute Gasteiger partial charge is 0.493 e. The molecule has 3 aromatic carbocycles. The van der Waals surface area contributed by atoms with Crippen molar-refractivity contribution in [2.24, 2.45) is 0 Å². The van der Waals surface area contributed by atoms with Crippen molar-refractivity contribution in [1.29, 1.82) is 0 Å². The zero-order valence-corrected chi connectivity index (χ0v) is 20.9. The van der Waals surface area contributed by atoms with Crippen molar-refractivity contribution < 1.29 is 19.1 Å². The fourth-order valence-electron chi connectivity index (χ4n) is 2.95. The van der Waals surface area contributed by atoms with Crippen LogP contribution >= 0.6 is 28.1 Å².